The van der Waals surface area contributed by atoms with Crippen molar-refractivity contribution in [3.63, 3.8) is 0 Å². The van der Waals surface area contributed by atoms with Gasteiger partial charge in [0.2, 0.25) is 65.0 Å². The number of aliphatic hydroxyl groups is 1. The Morgan fingerprint density at radius 3 is 1.19 bits per heavy atom. The van der Waals surface area contributed by atoms with Crippen molar-refractivity contribution in [1.29, 1.82) is 0 Å². The summed E-state index contributed by atoms with van der Waals surface area (Å²) in [4.78, 5) is 156. The summed E-state index contributed by atoms with van der Waals surface area (Å²) in [5.74, 6) is -9.05. The highest BCUT2D eigenvalue weighted by Gasteiger charge is 2.38. The molecule has 0 unspecified atom stereocenters. The summed E-state index contributed by atoms with van der Waals surface area (Å²) in [6.07, 6.45) is 7.48. The molecule has 0 aliphatic heterocycles. The van der Waals surface area contributed by atoms with Crippen molar-refractivity contribution < 1.29 is 57.8 Å². The van der Waals surface area contributed by atoms with Crippen LogP contribution in [-0.4, -0.2) is 163 Å². The van der Waals surface area contributed by atoms with E-state index in [2.05, 4.69) is 65.1 Å². The molecule has 0 aliphatic carbocycles. The average Bonchev–Trinajstić information content (AvgIpc) is 1.07. The number of nitrogens with two attached hydrogens (primary N) is 5. The smallest absolute Gasteiger partial charge is 0.245 e. The second-order valence-corrected chi connectivity index (χ2v) is 25.8. The first-order valence-electron chi connectivity index (χ1n) is 33.2. The highest BCUT2D eigenvalue weighted by Crippen LogP contribution is 2.16. The van der Waals surface area contributed by atoms with Gasteiger partial charge in [0.25, 0.3) is 0 Å². The van der Waals surface area contributed by atoms with Crippen molar-refractivity contribution in [3.8, 4) is 0 Å². The van der Waals surface area contributed by atoms with Crippen LogP contribution in [0.1, 0.15) is 212 Å². The fourth-order valence-corrected chi connectivity index (χ4v) is 9.93. The molecule has 0 rings (SSSR count). The molecule has 0 bridgehead atoms. The van der Waals surface area contributed by atoms with Gasteiger partial charge >= 0.3 is 0 Å². The number of amides is 11. The van der Waals surface area contributed by atoms with Gasteiger partial charge in [-0.1, -0.05) is 115 Å². The first-order valence-corrected chi connectivity index (χ1v) is 33.2. The second kappa shape index (κ2) is 47.2. The lowest BCUT2D eigenvalue weighted by atomic mass is 9.96. The molecule has 0 spiro atoms. The van der Waals surface area contributed by atoms with Crippen LogP contribution in [0.4, 0.5) is 0 Å². The van der Waals surface area contributed by atoms with Crippen molar-refractivity contribution in [1.82, 2.24) is 53.2 Å². The Labute approximate surface area is 541 Å². The summed E-state index contributed by atoms with van der Waals surface area (Å²) in [5, 5.41) is 37.9. The molecule has 0 radical (unpaired) electrons. The van der Waals surface area contributed by atoms with Crippen molar-refractivity contribution in [2.24, 2.45) is 63.3 Å². The molecule has 0 aliphatic rings. The zero-order valence-electron chi connectivity index (χ0n) is 56.9. The summed E-state index contributed by atoms with van der Waals surface area (Å²) in [6, 6.07) is -11.5. The zero-order valence-corrected chi connectivity index (χ0v) is 56.9. The highest BCUT2D eigenvalue weighted by molar-refractivity contribution is 5.99. The number of hydrogen-bond donors (Lipinski definition) is 16. The van der Waals surface area contributed by atoms with Gasteiger partial charge in [-0.25, -0.2) is 0 Å². The van der Waals surface area contributed by atoms with Crippen LogP contribution < -0.4 is 81.8 Å². The first-order chi connectivity index (χ1) is 42.8. The number of primary amides is 1. The van der Waals surface area contributed by atoms with Crippen LogP contribution in [0, 0.1) is 29.6 Å². The van der Waals surface area contributed by atoms with Crippen LogP contribution in [0.25, 0.3) is 0 Å². The zero-order chi connectivity index (χ0) is 69.3. The third kappa shape index (κ3) is 37.4. The van der Waals surface area contributed by atoms with E-state index >= 15 is 0 Å². The van der Waals surface area contributed by atoms with E-state index in [1.165, 1.54) is 6.92 Å². The number of nitrogens with zero attached hydrogens (tertiary/aromatic N) is 1. The molecular weight excluding hydrogens is 1170 g/mol. The van der Waals surface area contributed by atoms with Gasteiger partial charge in [0.1, 0.15) is 54.4 Å². The number of unbranched alkanes of at least 4 members (excludes halogenated alkanes) is 7. The average molecular weight is 1290 g/mol. The predicted octanol–water partition coefficient (Wildman–Crippen LogP) is 0.625. The van der Waals surface area contributed by atoms with Crippen LogP contribution in [0.2, 0.25) is 0 Å². The highest BCUT2D eigenvalue weighted by atomic mass is 16.3. The molecule has 0 aromatic heterocycles. The Morgan fingerprint density at radius 2 is 0.758 bits per heavy atom. The van der Waals surface area contributed by atoms with Crippen LogP contribution in [0.5, 0.6) is 0 Å². The molecule has 0 fully saturated rings. The number of aliphatic hydroxyl groups excluding tert-OH is 1. The summed E-state index contributed by atoms with van der Waals surface area (Å²) >= 11 is 0. The van der Waals surface area contributed by atoms with Gasteiger partial charge in [-0.3, -0.25) is 57.7 Å². The van der Waals surface area contributed by atoms with E-state index in [1.807, 2.05) is 55.4 Å². The molecule has 0 saturated carbocycles. The minimum atomic E-state index is -1.64. The molecule has 524 valence electrons. The summed E-state index contributed by atoms with van der Waals surface area (Å²) in [6.45, 7) is 21.8. The molecule has 0 aromatic rings. The third-order valence-corrected chi connectivity index (χ3v) is 15.2. The number of carbonyl (C=O) groups is 11. The van der Waals surface area contributed by atoms with Gasteiger partial charge in [-0.15, -0.1) is 0 Å². The first kappa shape index (κ1) is 84.3. The molecule has 28 heteroatoms. The van der Waals surface area contributed by atoms with Gasteiger partial charge in [0.15, 0.2) is 5.96 Å². The van der Waals surface area contributed by atoms with Crippen LogP contribution in [-0.2, 0) is 52.7 Å². The van der Waals surface area contributed by atoms with Gasteiger partial charge in [-0.05, 0) is 133 Å². The minimum Gasteiger partial charge on any atom is -0.391 e. The molecule has 11 amide bonds. The SMILES string of the molecule is CCCCCCCCC(=O)NCC(=O)N[C@@H](CC(C)C)C(=O)N[C@@H](CC(C)C)C(=O)N[C@@H](CCCCN)C(=O)N[C@@H](CCCN=C(N)N)C(=O)N[C@H](C(=O)N[C@@H](CCCCN)C(=O)N[C@H](C(=O)N[C@@H](CC(C)C)C(=O)N[C@@H](CC(C)C)C(N)=O)[C@@H](C)O)[C@@H](C)CC. The molecule has 11 atom stereocenters. The monoisotopic (exact) mass is 1290 g/mol. The number of carbonyl (C=O) groups excluding carboxylic acids is 11. The van der Waals surface area contributed by atoms with E-state index in [9.17, 15) is 57.8 Å². The van der Waals surface area contributed by atoms with Gasteiger partial charge in [0, 0.05) is 13.0 Å². The van der Waals surface area contributed by atoms with Crippen molar-refractivity contribution >= 4 is 70.9 Å². The van der Waals surface area contributed by atoms with E-state index < -0.39 is 125 Å². The van der Waals surface area contributed by atoms with Crippen molar-refractivity contribution in [2.75, 3.05) is 26.2 Å². The fourth-order valence-electron chi connectivity index (χ4n) is 9.93. The molecule has 28 nitrogen and oxygen atoms in total. The Hall–Kier alpha value is -6.68. The summed E-state index contributed by atoms with van der Waals surface area (Å²) < 4.78 is 0. The third-order valence-electron chi connectivity index (χ3n) is 15.2. The number of guanidine groups is 1. The molecule has 0 heterocycles. The maximum absolute atomic E-state index is 14.6. The summed E-state index contributed by atoms with van der Waals surface area (Å²) in [7, 11) is 0. The van der Waals surface area contributed by atoms with Crippen molar-refractivity contribution in [3.05, 3.63) is 0 Å². The Kier molecular flexibility index (Phi) is 43.8. The summed E-state index contributed by atoms with van der Waals surface area (Å²) in [5.41, 5.74) is 28.4. The van der Waals surface area contributed by atoms with Gasteiger partial charge in [0.05, 0.1) is 12.6 Å². The lowest BCUT2D eigenvalue weighted by molar-refractivity contribution is -0.137. The van der Waals surface area contributed by atoms with Crippen molar-refractivity contribution in [2.45, 2.75) is 272 Å². The molecule has 0 saturated heterocycles. The Balaban J connectivity index is 6.95. The minimum absolute atomic E-state index is 0.00466. The predicted molar refractivity (Wildman–Crippen MR) is 352 cm³/mol. The van der Waals surface area contributed by atoms with E-state index in [0.29, 0.717) is 38.5 Å². The lowest BCUT2D eigenvalue weighted by Crippen LogP contribution is -2.62. The standard InChI is InChI=1S/C63H120N16O12/c1-13-15-16-17-18-19-28-50(81)70-36-51(82)71-47(33-38(5)6)58(87)76-48(34-39(7)8)59(88)73-43(25-20-22-29-64)55(84)72-45(27-24-31-69-63(67)68)56(85)78-52(41(11)14-2)61(90)74-44(26-21-23-30-65)57(86)79-53(42(12)80)62(91)77-49(35-40(9)10)60(89)75-46(54(66)83)32-37(3)4/h37-49,52-53,80H,13-36,64-65H2,1-12H3,(H2,66,83)(H,70,81)(H,71,82)(H,72,84)(H,73,88)(H,74,90)(H,75,89)(H,76,87)(H,77,91)(H,78,85)(H,79,86)(H4,67,68,69)/t41-,42+,43-,44-,45-,46-,47-,48-,49-,52-,53-/m0/s1. The molecule has 91 heavy (non-hydrogen) atoms. The van der Waals surface area contributed by atoms with E-state index in [0.717, 1.165) is 32.1 Å². The normalized spacial score (nSPS) is 15.0. The number of nitrogens with one attached hydrogen (secondary N) is 10. The number of rotatable bonds is 50. The van der Waals surface area contributed by atoms with Crippen LogP contribution in [0.3, 0.4) is 0 Å². The topological polar surface area (TPSA) is 471 Å². The van der Waals surface area contributed by atoms with Gasteiger partial charge in [-0.2, -0.15) is 0 Å². The maximum atomic E-state index is 14.6. The largest absolute Gasteiger partial charge is 0.391 e. The Morgan fingerprint density at radius 1 is 0.396 bits per heavy atom. The molecule has 0 aromatic carbocycles. The van der Waals surface area contributed by atoms with E-state index in [1.54, 1.807) is 13.8 Å². The van der Waals surface area contributed by atoms with Crippen LogP contribution in [0.15, 0.2) is 4.99 Å². The second-order valence-electron chi connectivity index (χ2n) is 25.8. The maximum Gasteiger partial charge on any atom is 0.245 e. The van der Waals surface area contributed by atoms with E-state index in [4.69, 9.17) is 28.7 Å². The number of aliphatic imine (C=N–C) groups is 1. The fraction of sp³-hybridized carbons (Fsp3) is 0.810. The molecular formula is C63H120N16O12. The van der Waals surface area contributed by atoms with E-state index in [-0.39, 0.29) is 120 Å². The van der Waals surface area contributed by atoms with Crippen LogP contribution >= 0.6 is 0 Å². The quantitative estimate of drug-likeness (QED) is 0.0226. The van der Waals surface area contributed by atoms with Gasteiger partial charge < -0.3 is 86.9 Å². The Bertz CT molecular complexity index is 2270. The molecule has 21 N–H and O–H groups in total. The lowest BCUT2D eigenvalue weighted by Gasteiger charge is -2.30. The number of hydrogen-bond acceptors (Lipinski definition) is 15.